The number of nitrogens with zero attached hydrogens (tertiary/aromatic N) is 2. The van der Waals surface area contributed by atoms with Crippen molar-refractivity contribution in [2.24, 2.45) is 0 Å². The Kier molecular flexibility index (Phi) is 7.08. The molecule has 2 aromatic rings. The molecule has 0 aliphatic carbocycles. The van der Waals surface area contributed by atoms with E-state index in [2.05, 4.69) is 20.8 Å². The standard InChI is InChI=1S/C25H27BrN2O4/c1-17-6-8-18(9-7-17)23(29)21-22(19-4-2-5-20(26)16-19)28(25(31)24(21)30)11-3-10-27-12-14-32-15-13-27/h2,4-9,16,22,29H,3,10-15H2,1H3/b23-21+/t22-/m0/s1. The van der Waals surface area contributed by atoms with Gasteiger partial charge in [-0.2, -0.15) is 0 Å². The van der Waals surface area contributed by atoms with Gasteiger partial charge in [-0.25, -0.2) is 0 Å². The molecular formula is C25H27BrN2O4. The molecule has 2 aliphatic rings. The fraction of sp³-hybridized carbons (Fsp3) is 0.360. The lowest BCUT2D eigenvalue weighted by Crippen LogP contribution is -2.38. The number of morpholine rings is 1. The normalized spacial score (nSPS) is 21.3. The SMILES string of the molecule is Cc1ccc(/C(O)=C2\C(=O)C(=O)N(CCCN3CCOCC3)[C@H]2c2cccc(Br)c2)cc1. The largest absolute Gasteiger partial charge is 0.507 e. The minimum atomic E-state index is -0.639. The number of hydrogen-bond acceptors (Lipinski definition) is 5. The Hall–Kier alpha value is -2.48. The van der Waals surface area contributed by atoms with Gasteiger partial charge in [0.1, 0.15) is 5.76 Å². The summed E-state index contributed by atoms with van der Waals surface area (Å²) in [6.07, 6.45) is 0.738. The summed E-state index contributed by atoms with van der Waals surface area (Å²) in [7, 11) is 0. The van der Waals surface area contributed by atoms with Gasteiger partial charge in [-0.15, -0.1) is 0 Å². The van der Waals surface area contributed by atoms with Crippen molar-refractivity contribution in [2.45, 2.75) is 19.4 Å². The predicted molar refractivity (Wildman–Crippen MR) is 126 cm³/mol. The zero-order chi connectivity index (χ0) is 22.7. The maximum Gasteiger partial charge on any atom is 0.295 e. The van der Waals surface area contributed by atoms with Crippen LogP contribution in [0.2, 0.25) is 0 Å². The van der Waals surface area contributed by atoms with E-state index in [-0.39, 0.29) is 11.3 Å². The minimum absolute atomic E-state index is 0.135. The minimum Gasteiger partial charge on any atom is -0.507 e. The second-order valence-electron chi connectivity index (χ2n) is 8.22. The molecule has 2 saturated heterocycles. The lowest BCUT2D eigenvalue weighted by Gasteiger charge is -2.29. The van der Waals surface area contributed by atoms with E-state index in [4.69, 9.17) is 4.74 Å². The molecule has 1 N–H and O–H groups in total. The van der Waals surface area contributed by atoms with Gasteiger partial charge >= 0.3 is 0 Å². The van der Waals surface area contributed by atoms with Crippen LogP contribution in [0.5, 0.6) is 0 Å². The van der Waals surface area contributed by atoms with E-state index in [0.717, 1.165) is 54.9 Å². The molecule has 0 spiro atoms. The first kappa shape index (κ1) is 22.7. The molecule has 0 bridgehead atoms. The molecule has 2 aliphatic heterocycles. The van der Waals surface area contributed by atoms with Gasteiger partial charge in [0.05, 0.1) is 24.8 Å². The number of Topliss-reactive ketones (excluding diaryl/α,β-unsaturated/α-hetero) is 1. The molecular weight excluding hydrogens is 472 g/mol. The summed E-state index contributed by atoms with van der Waals surface area (Å²) in [4.78, 5) is 30.0. The summed E-state index contributed by atoms with van der Waals surface area (Å²) in [5, 5.41) is 11.1. The second kappa shape index (κ2) is 9.98. The quantitative estimate of drug-likeness (QED) is 0.371. The van der Waals surface area contributed by atoms with E-state index >= 15 is 0 Å². The molecule has 7 heteroatoms. The van der Waals surface area contributed by atoms with E-state index in [0.29, 0.717) is 12.1 Å². The first-order chi connectivity index (χ1) is 15.5. The van der Waals surface area contributed by atoms with Crippen LogP contribution in [0.15, 0.2) is 58.6 Å². The third-order valence-corrected chi connectivity index (χ3v) is 6.50. The van der Waals surface area contributed by atoms with Crippen LogP contribution in [-0.4, -0.2) is 66.0 Å². The summed E-state index contributed by atoms with van der Waals surface area (Å²) in [6, 6.07) is 14.2. The van der Waals surface area contributed by atoms with Gasteiger partial charge in [-0.05, 0) is 31.0 Å². The van der Waals surface area contributed by atoms with Crippen LogP contribution in [0.3, 0.4) is 0 Å². The van der Waals surface area contributed by atoms with E-state index in [9.17, 15) is 14.7 Å². The van der Waals surface area contributed by atoms with Crippen molar-refractivity contribution in [3.63, 3.8) is 0 Å². The molecule has 1 atom stereocenters. The predicted octanol–water partition coefficient (Wildman–Crippen LogP) is 3.90. The molecule has 2 fully saturated rings. The highest BCUT2D eigenvalue weighted by atomic mass is 79.9. The van der Waals surface area contributed by atoms with E-state index in [1.165, 1.54) is 0 Å². The molecule has 168 valence electrons. The molecule has 6 nitrogen and oxygen atoms in total. The zero-order valence-corrected chi connectivity index (χ0v) is 19.7. The summed E-state index contributed by atoms with van der Waals surface area (Å²) in [6.45, 7) is 6.42. The van der Waals surface area contributed by atoms with Gasteiger partial charge in [0.25, 0.3) is 11.7 Å². The number of carbonyl (C=O) groups is 2. The van der Waals surface area contributed by atoms with E-state index in [1.54, 1.807) is 17.0 Å². The highest BCUT2D eigenvalue weighted by Crippen LogP contribution is 2.40. The first-order valence-corrected chi connectivity index (χ1v) is 11.7. The highest BCUT2D eigenvalue weighted by molar-refractivity contribution is 9.10. The lowest BCUT2D eigenvalue weighted by atomic mass is 9.95. The molecule has 2 aromatic carbocycles. The van der Waals surface area contributed by atoms with Gasteiger partial charge in [-0.1, -0.05) is 57.9 Å². The van der Waals surface area contributed by atoms with Crippen LogP contribution in [0.4, 0.5) is 0 Å². The Bertz CT molecular complexity index is 1030. The lowest BCUT2D eigenvalue weighted by molar-refractivity contribution is -0.140. The number of carbonyl (C=O) groups excluding carboxylic acids is 2. The summed E-state index contributed by atoms with van der Waals surface area (Å²) < 4.78 is 6.25. The summed E-state index contributed by atoms with van der Waals surface area (Å²) in [5.74, 6) is -1.34. The van der Waals surface area contributed by atoms with Crippen LogP contribution in [-0.2, 0) is 14.3 Å². The maximum atomic E-state index is 13.1. The second-order valence-corrected chi connectivity index (χ2v) is 9.14. The smallest absolute Gasteiger partial charge is 0.295 e. The number of aliphatic hydroxyl groups is 1. The average Bonchev–Trinajstić information content (AvgIpc) is 3.05. The Labute approximate surface area is 196 Å². The number of ketones is 1. The van der Waals surface area contributed by atoms with Gasteiger partial charge in [0, 0.05) is 36.2 Å². The molecule has 0 saturated carbocycles. The van der Waals surface area contributed by atoms with Crippen molar-refractivity contribution in [2.75, 3.05) is 39.4 Å². The Morgan fingerprint density at radius 3 is 2.50 bits per heavy atom. The van der Waals surface area contributed by atoms with Crippen LogP contribution >= 0.6 is 15.9 Å². The number of halogens is 1. The van der Waals surface area contributed by atoms with Crippen molar-refractivity contribution >= 4 is 33.4 Å². The number of aliphatic hydroxyl groups excluding tert-OH is 1. The number of rotatable bonds is 6. The molecule has 0 radical (unpaired) electrons. The average molecular weight is 499 g/mol. The van der Waals surface area contributed by atoms with Crippen molar-refractivity contribution < 1.29 is 19.4 Å². The van der Waals surface area contributed by atoms with Gasteiger partial charge in [-0.3, -0.25) is 14.5 Å². The number of amides is 1. The molecule has 0 unspecified atom stereocenters. The van der Waals surface area contributed by atoms with Gasteiger partial charge in [0.15, 0.2) is 0 Å². The van der Waals surface area contributed by atoms with Crippen molar-refractivity contribution in [3.8, 4) is 0 Å². The molecule has 1 amide bonds. The number of hydrogen-bond donors (Lipinski definition) is 1. The third-order valence-electron chi connectivity index (χ3n) is 6.01. The zero-order valence-electron chi connectivity index (χ0n) is 18.1. The van der Waals surface area contributed by atoms with Crippen LogP contribution in [0, 0.1) is 6.92 Å². The van der Waals surface area contributed by atoms with Gasteiger partial charge in [0.2, 0.25) is 0 Å². The van der Waals surface area contributed by atoms with E-state index in [1.807, 2.05) is 43.3 Å². The first-order valence-electron chi connectivity index (χ1n) is 10.9. The maximum absolute atomic E-state index is 13.1. The van der Waals surface area contributed by atoms with Crippen LogP contribution in [0.1, 0.15) is 29.2 Å². The Morgan fingerprint density at radius 1 is 1.09 bits per heavy atom. The molecule has 0 aromatic heterocycles. The number of ether oxygens (including phenoxy) is 1. The number of benzene rings is 2. The molecule has 2 heterocycles. The fourth-order valence-corrected chi connectivity index (χ4v) is 4.71. The third kappa shape index (κ3) is 4.80. The van der Waals surface area contributed by atoms with Crippen LogP contribution < -0.4 is 0 Å². The summed E-state index contributed by atoms with van der Waals surface area (Å²) >= 11 is 3.49. The number of likely N-dealkylation sites (tertiary alicyclic amines) is 1. The van der Waals surface area contributed by atoms with E-state index < -0.39 is 17.7 Å². The highest BCUT2D eigenvalue weighted by Gasteiger charge is 2.45. The van der Waals surface area contributed by atoms with Crippen molar-refractivity contribution in [1.82, 2.24) is 9.80 Å². The fourth-order valence-electron chi connectivity index (χ4n) is 4.29. The Balaban J connectivity index is 1.67. The molecule has 4 rings (SSSR count). The Morgan fingerprint density at radius 2 is 1.81 bits per heavy atom. The van der Waals surface area contributed by atoms with Crippen molar-refractivity contribution in [3.05, 3.63) is 75.3 Å². The van der Waals surface area contributed by atoms with Gasteiger partial charge < -0.3 is 14.7 Å². The number of aryl methyl sites for hydroxylation is 1. The van der Waals surface area contributed by atoms with Crippen molar-refractivity contribution in [1.29, 1.82) is 0 Å². The topological polar surface area (TPSA) is 70.1 Å². The summed E-state index contributed by atoms with van der Waals surface area (Å²) in [5.41, 5.74) is 2.51. The molecule has 32 heavy (non-hydrogen) atoms. The van der Waals surface area contributed by atoms with Crippen LogP contribution in [0.25, 0.3) is 5.76 Å². The monoisotopic (exact) mass is 498 g/mol.